The fourth-order valence-corrected chi connectivity index (χ4v) is 3.62. The summed E-state index contributed by atoms with van der Waals surface area (Å²) in [5.74, 6) is 2.03. The number of fused-ring (bicyclic) bond motifs is 2. The maximum Gasteiger partial charge on any atom is 0.100 e. The summed E-state index contributed by atoms with van der Waals surface area (Å²) in [6.45, 7) is 12.6. The van der Waals surface area contributed by atoms with Gasteiger partial charge in [0, 0.05) is 5.41 Å². The summed E-state index contributed by atoms with van der Waals surface area (Å²) in [5, 5.41) is 9.98. The van der Waals surface area contributed by atoms with E-state index in [2.05, 4.69) is 34.3 Å². The molecule has 2 rings (SSSR count). The van der Waals surface area contributed by atoms with Crippen molar-refractivity contribution in [1.29, 1.82) is 0 Å². The van der Waals surface area contributed by atoms with Crippen LogP contribution in [-0.2, 0) is 4.74 Å². The standard InChI is InChI=1S/C15H26O2/c1-10(17-14(2,3)4)15(5)8-11-6-12(9-15)13(16)7-11/h11-13,16H,1,6-9H2,2-5H3/t11-,12-,13-,15?/m1/s1. The Kier molecular flexibility index (Phi) is 3.05. The molecule has 0 spiro atoms. The van der Waals surface area contributed by atoms with Crippen LogP contribution in [0.5, 0.6) is 0 Å². The highest BCUT2D eigenvalue weighted by Gasteiger charge is 2.47. The minimum absolute atomic E-state index is 0.0539. The second kappa shape index (κ2) is 4.01. The lowest BCUT2D eigenvalue weighted by molar-refractivity contribution is -0.00722. The van der Waals surface area contributed by atoms with Crippen molar-refractivity contribution in [3.05, 3.63) is 12.3 Å². The lowest BCUT2D eigenvalue weighted by Crippen LogP contribution is -2.33. The van der Waals surface area contributed by atoms with E-state index < -0.39 is 0 Å². The van der Waals surface area contributed by atoms with E-state index in [9.17, 15) is 5.11 Å². The Labute approximate surface area is 105 Å². The monoisotopic (exact) mass is 238 g/mol. The van der Waals surface area contributed by atoms with Gasteiger partial charge in [0.25, 0.3) is 0 Å². The van der Waals surface area contributed by atoms with Gasteiger partial charge in [-0.15, -0.1) is 0 Å². The molecule has 2 aliphatic carbocycles. The highest BCUT2D eigenvalue weighted by atomic mass is 16.5. The van der Waals surface area contributed by atoms with Crippen LogP contribution >= 0.6 is 0 Å². The first kappa shape index (κ1) is 12.9. The van der Waals surface area contributed by atoms with E-state index in [0.29, 0.717) is 11.8 Å². The number of aliphatic hydroxyl groups excluding tert-OH is 1. The van der Waals surface area contributed by atoms with Crippen LogP contribution in [0.15, 0.2) is 12.3 Å². The largest absolute Gasteiger partial charge is 0.493 e. The Morgan fingerprint density at radius 2 is 1.94 bits per heavy atom. The van der Waals surface area contributed by atoms with Crippen molar-refractivity contribution in [2.45, 2.75) is 65.1 Å². The number of aliphatic hydroxyl groups is 1. The lowest BCUT2D eigenvalue weighted by Gasteiger charge is -2.41. The SMILES string of the molecule is C=C(OC(C)(C)C)C1(C)C[C@@H]2C[C@H](C1)[C@H](O)C2. The minimum Gasteiger partial charge on any atom is -0.493 e. The fourth-order valence-electron chi connectivity index (χ4n) is 3.62. The van der Waals surface area contributed by atoms with Crippen molar-refractivity contribution in [2.75, 3.05) is 0 Å². The number of hydrogen-bond acceptors (Lipinski definition) is 2. The molecule has 0 aromatic carbocycles. The summed E-state index contributed by atoms with van der Waals surface area (Å²) >= 11 is 0. The Morgan fingerprint density at radius 3 is 2.47 bits per heavy atom. The zero-order valence-electron chi connectivity index (χ0n) is 11.6. The molecule has 2 fully saturated rings. The first-order valence-corrected chi connectivity index (χ1v) is 6.76. The average Bonchev–Trinajstić information content (AvgIpc) is 2.38. The molecular formula is C15H26O2. The van der Waals surface area contributed by atoms with E-state index in [1.54, 1.807) is 0 Å². The molecular weight excluding hydrogens is 212 g/mol. The highest BCUT2D eigenvalue weighted by Crippen LogP contribution is 2.53. The first-order valence-electron chi connectivity index (χ1n) is 6.76. The van der Waals surface area contributed by atoms with Gasteiger partial charge in [0.2, 0.25) is 0 Å². The highest BCUT2D eigenvalue weighted by molar-refractivity contribution is 5.09. The van der Waals surface area contributed by atoms with Crippen molar-refractivity contribution >= 4 is 0 Å². The molecule has 17 heavy (non-hydrogen) atoms. The Hall–Kier alpha value is -0.500. The van der Waals surface area contributed by atoms with E-state index >= 15 is 0 Å². The number of hydrogen-bond donors (Lipinski definition) is 1. The maximum absolute atomic E-state index is 9.98. The van der Waals surface area contributed by atoms with Crippen molar-refractivity contribution in [3.8, 4) is 0 Å². The van der Waals surface area contributed by atoms with Crippen molar-refractivity contribution in [1.82, 2.24) is 0 Å². The molecule has 1 unspecified atom stereocenters. The van der Waals surface area contributed by atoms with Gasteiger partial charge < -0.3 is 9.84 Å². The summed E-state index contributed by atoms with van der Waals surface area (Å²) in [6.07, 6.45) is 4.22. The maximum atomic E-state index is 9.98. The molecule has 0 saturated heterocycles. The van der Waals surface area contributed by atoms with Crippen LogP contribution in [0.2, 0.25) is 0 Å². The number of allylic oxidation sites excluding steroid dienone is 1. The minimum atomic E-state index is -0.171. The van der Waals surface area contributed by atoms with Gasteiger partial charge in [-0.25, -0.2) is 0 Å². The molecule has 0 amide bonds. The summed E-state index contributed by atoms with van der Waals surface area (Å²) < 4.78 is 5.96. The van der Waals surface area contributed by atoms with Gasteiger partial charge >= 0.3 is 0 Å². The topological polar surface area (TPSA) is 29.5 Å². The molecule has 0 radical (unpaired) electrons. The van der Waals surface area contributed by atoms with Gasteiger partial charge in [0.1, 0.15) is 5.60 Å². The Balaban J connectivity index is 2.08. The molecule has 1 N–H and O–H groups in total. The Bertz CT molecular complexity index is 313. The van der Waals surface area contributed by atoms with Crippen LogP contribution in [0.25, 0.3) is 0 Å². The van der Waals surface area contributed by atoms with Crippen molar-refractivity contribution < 1.29 is 9.84 Å². The van der Waals surface area contributed by atoms with Gasteiger partial charge in [-0.3, -0.25) is 0 Å². The smallest absolute Gasteiger partial charge is 0.100 e. The molecule has 4 atom stereocenters. The molecule has 2 heteroatoms. The summed E-state index contributed by atoms with van der Waals surface area (Å²) in [4.78, 5) is 0. The summed E-state index contributed by atoms with van der Waals surface area (Å²) in [5.41, 5.74) is -0.118. The molecule has 0 aliphatic heterocycles. The normalized spacial score (nSPS) is 41.4. The van der Waals surface area contributed by atoms with Gasteiger partial charge in [-0.2, -0.15) is 0 Å². The molecule has 2 nitrogen and oxygen atoms in total. The quantitative estimate of drug-likeness (QED) is 0.746. The average molecular weight is 238 g/mol. The fraction of sp³-hybridized carbons (Fsp3) is 0.867. The molecule has 2 saturated carbocycles. The van der Waals surface area contributed by atoms with Gasteiger partial charge in [0.15, 0.2) is 0 Å². The summed E-state index contributed by atoms with van der Waals surface area (Å²) in [6, 6.07) is 0. The van der Waals surface area contributed by atoms with E-state index in [0.717, 1.165) is 25.0 Å². The molecule has 0 heterocycles. The second-order valence-corrected chi connectivity index (χ2v) is 7.27. The molecule has 0 aromatic rings. The molecule has 2 aliphatic rings. The first-order chi connectivity index (χ1) is 7.70. The molecule has 0 aromatic heterocycles. The number of ether oxygens (including phenoxy) is 1. The molecule has 98 valence electrons. The molecule has 2 bridgehead atoms. The lowest BCUT2D eigenvalue weighted by atomic mass is 9.69. The van der Waals surface area contributed by atoms with Crippen LogP contribution in [0, 0.1) is 17.3 Å². The zero-order valence-corrected chi connectivity index (χ0v) is 11.6. The van der Waals surface area contributed by atoms with Gasteiger partial charge in [-0.1, -0.05) is 13.5 Å². The van der Waals surface area contributed by atoms with E-state index in [4.69, 9.17) is 4.74 Å². The van der Waals surface area contributed by atoms with Gasteiger partial charge in [0.05, 0.1) is 11.9 Å². The van der Waals surface area contributed by atoms with Crippen LogP contribution in [-0.4, -0.2) is 16.8 Å². The van der Waals surface area contributed by atoms with Gasteiger partial charge in [-0.05, 0) is 58.3 Å². The summed E-state index contributed by atoms with van der Waals surface area (Å²) in [7, 11) is 0. The number of rotatable bonds is 2. The Morgan fingerprint density at radius 1 is 1.29 bits per heavy atom. The van der Waals surface area contributed by atoms with Crippen LogP contribution in [0.4, 0.5) is 0 Å². The third-order valence-electron chi connectivity index (χ3n) is 4.31. The van der Waals surface area contributed by atoms with Crippen molar-refractivity contribution in [2.24, 2.45) is 17.3 Å². The van der Waals surface area contributed by atoms with E-state index in [1.165, 1.54) is 6.42 Å². The zero-order chi connectivity index (χ0) is 12.8. The predicted molar refractivity (Wildman–Crippen MR) is 69.5 cm³/mol. The van der Waals surface area contributed by atoms with Crippen LogP contribution < -0.4 is 0 Å². The van der Waals surface area contributed by atoms with E-state index in [1.807, 2.05) is 0 Å². The predicted octanol–water partition coefficient (Wildman–Crippen LogP) is 3.50. The van der Waals surface area contributed by atoms with Crippen LogP contribution in [0.1, 0.15) is 53.4 Å². The third-order valence-corrected chi connectivity index (χ3v) is 4.31. The van der Waals surface area contributed by atoms with Crippen LogP contribution in [0.3, 0.4) is 0 Å². The second-order valence-electron chi connectivity index (χ2n) is 7.27. The van der Waals surface area contributed by atoms with Crippen molar-refractivity contribution in [3.63, 3.8) is 0 Å². The van der Waals surface area contributed by atoms with E-state index in [-0.39, 0.29) is 17.1 Å². The third kappa shape index (κ3) is 2.67.